The van der Waals surface area contributed by atoms with Gasteiger partial charge in [0.2, 0.25) is 0 Å². The number of rotatable bonds is 14. The van der Waals surface area contributed by atoms with E-state index in [9.17, 15) is 0 Å². The molecule has 4 nitrogen and oxygen atoms in total. The molecule has 0 bridgehead atoms. The van der Waals surface area contributed by atoms with Crippen molar-refractivity contribution in [3.05, 3.63) is 12.7 Å². The van der Waals surface area contributed by atoms with Crippen LogP contribution in [-0.2, 0) is 18.9 Å². The van der Waals surface area contributed by atoms with Crippen molar-refractivity contribution in [3.8, 4) is 0 Å². The maximum absolute atomic E-state index is 5.49. The van der Waals surface area contributed by atoms with E-state index >= 15 is 0 Å². The van der Waals surface area contributed by atoms with Crippen molar-refractivity contribution < 1.29 is 18.9 Å². The first-order valence-electron chi connectivity index (χ1n) is 8.83. The Hall–Kier alpha value is -0.420. The van der Waals surface area contributed by atoms with Gasteiger partial charge in [0.15, 0.2) is 0 Å². The summed E-state index contributed by atoms with van der Waals surface area (Å²) in [4.78, 5) is 0. The summed E-state index contributed by atoms with van der Waals surface area (Å²) in [5.41, 5.74) is 0. The topological polar surface area (TPSA) is 36.9 Å². The average molecular weight is 333 g/mol. The van der Waals surface area contributed by atoms with Crippen LogP contribution in [0.2, 0.25) is 0 Å². The molecule has 0 aliphatic heterocycles. The zero-order valence-electron chi connectivity index (χ0n) is 16.4. The average Bonchev–Trinajstić information content (AvgIpc) is 2.57. The van der Waals surface area contributed by atoms with Gasteiger partial charge in [0.1, 0.15) is 0 Å². The molecule has 0 saturated heterocycles. The zero-order chi connectivity index (χ0) is 18.0. The highest BCUT2D eigenvalue weighted by Crippen LogP contribution is 2.31. The molecular weight excluding hydrogens is 292 g/mol. The number of methoxy groups -OCH3 is 4. The smallest absolute Gasteiger partial charge is 0.285 e. The van der Waals surface area contributed by atoms with E-state index in [0.717, 1.165) is 12.8 Å². The summed E-state index contributed by atoms with van der Waals surface area (Å²) in [5.74, 6) is -0.754. The third kappa shape index (κ3) is 11.7. The Labute approximate surface area is 144 Å². The summed E-state index contributed by atoms with van der Waals surface area (Å²) in [6.45, 7) is 8.18. The Morgan fingerprint density at radius 3 is 1.78 bits per heavy atom. The number of hydrogen-bond donors (Lipinski definition) is 0. The monoisotopic (exact) mass is 332 g/mol. The van der Waals surface area contributed by atoms with Crippen molar-refractivity contribution in [2.45, 2.75) is 71.2 Å². The first kappa shape index (κ1) is 24.8. The van der Waals surface area contributed by atoms with Crippen LogP contribution in [0.25, 0.3) is 0 Å². The van der Waals surface area contributed by atoms with Crippen molar-refractivity contribution in [1.82, 2.24) is 0 Å². The van der Waals surface area contributed by atoms with Gasteiger partial charge in [-0.15, -0.1) is 6.58 Å². The first-order chi connectivity index (χ1) is 11.1. The van der Waals surface area contributed by atoms with E-state index < -0.39 is 5.97 Å². The molecule has 0 aliphatic carbocycles. The standard InChI is InChI=1S/C16H34O4.C3H6/c1-6-7-8-9-10-11-12-15(13-14-17-2)16(18-3,19-4)20-5;1-3-2/h15H,6-14H2,1-5H3;3H,1H2,2H3. The highest BCUT2D eigenvalue weighted by atomic mass is 16.9. The normalized spacial score (nSPS) is 12.4. The van der Waals surface area contributed by atoms with Crippen LogP contribution >= 0.6 is 0 Å². The second-order valence-electron chi connectivity index (χ2n) is 5.66. The van der Waals surface area contributed by atoms with Crippen LogP contribution in [0.4, 0.5) is 0 Å². The predicted octanol–water partition coefficient (Wildman–Crippen LogP) is 5.18. The van der Waals surface area contributed by atoms with Gasteiger partial charge < -0.3 is 18.9 Å². The molecule has 0 heterocycles. The van der Waals surface area contributed by atoms with Crippen molar-refractivity contribution >= 4 is 0 Å². The van der Waals surface area contributed by atoms with Gasteiger partial charge in [0, 0.05) is 41.0 Å². The van der Waals surface area contributed by atoms with Crippen LogP contribution in [0.5, 0.6) is 0 Å². The fraction of sp³-hybridized carbons (Fsp3) is 0.895. The molecular formula is C19H40O4. The van der Waals surface area contributed by atoms with Crippen LogP contribution in [0, 0.1) is 5.92 Å². The van der Waals surface area contributed by atoms with Crippen molar-refractivity contribution in [2.24, 2.45) is 5.92 Å². The van der Waals surface area contributed by atoms with E-state index in [1.165, 1.54) is 38.5 Å². The molecule has 0 fully saturated rings. The fourth-order valence-electron chi connectivity index (χ4n) is 2.68. The maximum atomic E-state index is 5.49. The largest absolute Gasteiger partial charge is 0.385 e. The van der Waals surface area contributed by atoms with Crippen LogP contribution in [0.15, 0.2) is 12.7 Å². The van der Waals surface area contributed by atoms with Gasteiger partial charge >= 0.3 is 0 Å². The Balaban J connectivity index is 0. The molecule has 0 aromatic carbocycles. The van der Waals surface area contributed by atoms with Crippen LogP contribution in [-0.4, -0.2) is 41.0 Å². The van der Waals surface area contributed by atoms with Crippen molar-refractivity contribution in [3.63, 3.8) is 0 Å². The molecule has 0 aromatic rings. The number of hydrogen-bond acceptors (Lipinski definition) is 4. The summed E-state index contributed by atoms with van der Waals surface area (Å²) in [6, 6.07) is 0. The second kappa shape index (κ2) is 17.9. The molecule has 140 valence electrons. The minimum atomic E-state index is -0.943. The van der Waals surface area contributed by atoms with Crippen molar-refractivity contribution in [2.75, 3.05) is 35.0 Å². The van der Waals surface area contributed by atoms with E-state index in [4.69, 9.17) is 18.9 Å². The molecule has 23 heavy (non-hydrogen) atoms. The van der Waals surface area contributed by atoms with Gasteiger partial charge in [-0.25, -0.2) is 0 Å². The van der Waals surface area contributed by atoms with E-state index in [1.54, 1.807) is 34.5 Å². The summed E-state index contributed by atoms with van der Waals surface area (Å²) >= 11 is 0. The Morgan fingerprint density at radius 1 is 0.870 bits per heavy atom. The summed E-state index contributed by atoms with van der Waals surface area (Å²) < 4.78 is 21.7. The van der Waals surface area contributed by atoms with Gasteiger partial charge in [0.05, 0.1) is 0 Å². The third-order valence-electron chi connectivity index (χ3n) is 3.93. The summed E-state index contributed by atoms with van der Waals surface area (Å²) in [7, 11) is 6.62. The number of unbranched alkanes of at least 4 members (excludes halogenated alkanes) is 5. The predicted molar refractivity (Wildman–Crippen MR) is 97.6 cm³/mol. The van der Waals surface area contributed by atoms with Gasteiger partial charge in [-0.2, -0.15) is 0 Å². The van der Waals surface area contributed by atoms with Gasteiger partial charge in [-0.1, -0.05) is 51.5 Å². The van der Waals surface area contributed by atoms with Crippen LogP contribution < -0.4 is 0 Å². The highest BCUT2D eigenvalue weighted by Gasteiger charge is 2.39. The Bertz CT molecular complexity index is 231. The SMILES string of the molecule is C=CC.CCCCCCCCC(CCOC)C(OC)(OC)OC. The quantitative estimate of drug-likeness (QED) is 0.250. The minimum absolute atomic E-state index is 0.189. The molecule has 0 radical (unpaired) electrons. The summed E-state index contributed by atoms with van der Waals surface area (Å²) in [5, 5.41) is 0. The lowest BCUT2D eigenvalue weighted by Gasteiger charge is -2.36. The fourth-order valence-corrected chi connectivity index (χ4v) is 2.68. The zero-order valence-corrected chi connectivity index (χ0v) is 16.4. The second-order valence-corrected chi connectivity index (χ2v) is 5.66. The molecule has 1 unspecified atom stereocenters. The minimum Gasteiger partial charge on any atom is -0.385 e. The van der Waals surface area contributed by atoms with Crippen LogP contribution in [0.1, 0.15) is 65.2 Å². The highest BCUT2D eigenvalue weighted by molar-refractivity contribution is 4.71. The molecule has 0 N–H and O–H groups in total. The van der Waals surface area contributed by atoms with Crippen LogP contribution in [0.3, 0.4) is 0 Å². The molecule has 0 spiro atoms. The van der Waals surface area contributed by atoms with Gasteiger partial charge in [-0.05, 0) is 19.8 Å². The molecule has 1 atom stereocenters. The van der Waals surface area contributed by atoms with Crippen molar-refractivity contribution in [1.29, 1.82) is 0 Å². The Kier molecular flexibility index (Phi) is 19.4. The van der Waals surface area contributed by atoms with E-state index in [2.05, 4.69) is 13.5 Å². The lowest BCUT2D eigenvalue weighted by atomic mass is 9.94. The Morgan fingerprint density at radius 2 is 1.35 bits per heavy atom. The molecule has 0 saturated carbocycles. The first-order valence-corrected chi connectivity index (χ1v) is 8.83. The van der Waals surface area contributed by atoms with Gasteiger partial charge in [0.25, 0.3) is 5.97 Å². The molecule has 0 amide bonds. The molecule has 0 aromatic heterocycles. The maximum Gasteiger partial charge on any atom is 0.285 e. The third-order valence-corrected chi connectivity index (χ3v) is 3.93. The molecule has 0 rings (SSSR count). The van der Waals surface area contributed by atoms with E-state index in [0.29, 0.717) is 6.61 Å². The van der Waals surface area contributed by atoms with Gasteiger partial charge in [-0.3, -0.25) is 0 Å². The van der Waals surface area contributed by atoms with E-state index in [1.807, 2.05) is 6.92 Å². The lowest BCUT2D eigenvalue weighted by Crippen LogP contribution is -2.44. The number of allylic oxidation sites excluding steroid dienone is 1. The molecule has 0 aliphatic rings. The van der Waals surface area contributed by atoms with E-state index in [-0.39, 0.29) is 5.92 Å². The molecule has 4 heteroatoms. The summed E-state index contributed by atoms with van der Waals surface area (Å²) in [6.07, 6.45) is 11.4. The number of ether oxygens (including phenoxy) is 4. The lowest BCUT2D eigenvalue weighted by molar-refractivity contribution is -0.381.